The lowest BCUT2D eigenvalue weighted by molar-refractivity contribution is 0.0947. The summed E-state index contributed by atoms with van der Waals surface area (Å²) in [6.45, 7) is 5.69. The van der Waals surface area contributed by atoms with E-state index in [1.54, 1.807) is 6.07 Å². The molecule has 1 amide bonds. The maximum atomic E-state index is 12.2. The predicted octanol–water partition coefficient (Wildman–Crippen LogP) is 2.52. The smallest absolute Gasteiger partial charge is 0.270 e. The minimum Gasteiger partial charge on any atom is -0.351 e. The Kier molecular flexibility index (Phi) is 6.26. The highest BCUT2D eigenvalue weighted by Gasteiger charge is 2.08. The molecule has 0 unspecified atom stereocenters. The number of amides is 1. The second kappa shape index (κ2) is 8.40. The maximum Gasteiger partial charge on any atom is 0.270 e. The highest BCUT2D eigenvalue weighted by Crippen LogP contribution is 2.18. The number of hydrogen-bond acceptors (Lipinski definition) is 5. The monoisotopic (exact) mass is 327 g/mol. The lowest BCUT2D eigenvalue weighted by atomic mass is 10.1. The minimum absolute atomic E-state index is 0.181. The zero-order chi connectivity index (χ0) is 17.5. The van der Waals surface area contributed by atoms with Crippen LogP contribution in [0.25, 0.3) is 0 Å². The van der Waals surface area contributed by atoms with Crippen LogP contribution in [-0.4, -0.2) is 48.0 Å². The van der Waals surface area contributed by atoms with E-state index in [1.807, 2.05) is 20.2 Å². The van der Waals surface area contributed by atoms with Crippen LogP contribution >= 0.6 is 0 Å². The fourth-order valence-corrected chi connectivity index (χ4v) is 2.20. The first-order chi connectivity index (χ1) is 11.5. The molecule has 1 aromatic heterocycles. The van der Waals surface area contributed by atoms with E-state index in [9.17, 15) is 4.79 Å². The third-order valence-electron chi connectivity index (χ3n) is 3.75. The maximum absolute atomic E-state index is 12.2. The van der Waals surface area contributed by atoms with Crippen LogP contribution < -0.4 is 10.6 Å². The van der Waals surface area contributed by atoms with Crippen LogP contribution in [0.15, 0.2) is 30.6 Å². The van der Waals surface area contributed by atoms with E-state index in [0.29, 0.717) is 18.1 Å². The van der Waals surface area contributed by atoms with Crippen molar-refractivity contribution in [2.24, 2.45) is 0 Å². The van der Waals surface area contributed by atoms with Gasteiger partial charge < -0.3 is 15.5 Å². The molecular formula is C18H25N5O. The molecule has 6 heteroatoms. The van der Waals surface area contributed by atoms with Crippen LogP contribution in [0.5, 0.6) is 0 Å². The fourth-order valence-electron chi connectivity index (χ4n) is 2.20. The minimum atomic E-state index is -0.181. The molecule has 1 heterocycles. The van der Waals surface area contributed by atoms with E-state index in [2.05, 4.69) is 51.5 Å². The molecule has 0 saturated carbocycles. The summed E-state index contributed by atoms with van der Waals surface area (Å²) in [4.78, 5) is 22.5. The average Bonchev–Trinajstić information content (AvgIpc) is 2.55. The molecule has 0 bridgehead atoms. The molecule has 2 aromatic rings. The van der Waals surface area contributed by atoms with Gasteiger partial charge in [0.05, 0.1) is 0 Å². The zero-order valence-corrected chi connectivity index (χ0v) is 14.8. The van der Waals surface area contributed by atoms with E-state index >= 15 is 0 Å². The quantitative estimate of drug-likeness (QED) is 0.765. The molecule has 2 rings (SSSR count). The number of hydrogen-bond donors (Lipinski definition) is 2. The van der Waals surface area contributed by atoms with Crippen LogP contribution in [0.3, 0.4) is 0 Å². The SMILES string of the molecule is Cc1ccc(Nc2cc(C(=O)NCCCN(C)C)ncn2)cc1C. The number of nitrogens with one attached hydrogen (secondary N) is 2. The Morgan fingerprint density at radius 1 is 1.12 bits per heavy atom. The Morgan fingerprint density at radius 2 is 1.92 bits per heavy atom. The Bertz CT molecular complexity index is 700. The van der Waals surface area contributed by atoms with Crippen molar-refractivity contribution in [1.29, 1.82) is 0 Å². The molecule has 0 saturated heterocycles. The van der Waals surface area contributed by atoms with Crippen molar-refractivity contribution < 1.29 is 4.79 Å². The van der Waals surface area contributed by atoms with Gasteiger partial charge in [-0.3, -0.25) is 4.79 Å². The van der Waals surface area contributed by atoms with E-state index < -0.39 is 0 Å². The number of anilines is 2. The molecule has 0 aliphatic rings. The third kappa shape index (κ3) is 5.31. The van der Waals surface area contributed by atoms with Gasteiger partial charge in [-0.05, 0) is 64.2 Å². The summed E-state index contributed by atoms with van der Waals surface area (Å²) in [7, 11) is 4.02. The molecule has 0 spiro atoms. The standard InChI is InChI=1S/C18H25N5O/c1-13-6-7-15(10-14(13)2)22-17-11-16(20-12-21-17)18(24)19-8-5-9-23(3)4/h6-7,10-12H,5,8-9H2,1-4H3,(H,19,24)(H,20,21,22). The molecule has 128 valence electrons. The van der Waals surface area contributed by atoms with Crippen molar-refractivity contribution in [3.05, 3.63) is 47.4 Å². The van der Waals surface area contributed by atoms with Gasteiger partial charge in [0.25, 0.3) is 5.91 Å². The number of carbonyl (C=O) groups is 1. The number of aromatic nitrogens is 2. The van der Waals surface area contributed by atoms with Crippen molar-refractivity contribution in [2.75, 3.05) is 32.5 Å². The van der Waals surface area contributed by atoms with Gasteiger partial charge in [-0.25, -0.2) is 9.97 Å². The number of benzene rings is 1. The van der Waals surface area contributed by atoms with Crippen LogP contribution in [-0.2, 0) is 0 Å². The molecule has 0 aliphatic heterocycles. The lowest BCUT2D eigenvalue weighted by Crippen LogP contribution is -2.27. The molecule has 0 aliphatic carbocycles. The van der Waals surface area contributed by atoms with Crippen molar-refractivity contribution in [1.82, 2.24) is 20.2 Å². The molecule has 2 N–H and O–H groups in total. The van der Waals surface area contributed by atoms with Gasteiger partial charge in [0, 0.05) is 18.3 Å². The fraction of sp³-hybridized carbons (Fsp3) is 0.389. The summed E-state index contributed by atoms with van der Waals surface area (Å²) in [5.74, 6) is 0.422. The van der Waals surface area contributed by atoms with Crippen LogP contribution in [0.1, 0.15) is 28.0 Å². The Morgan fingerprint density at radius 3 is 2.62 bits per heavy atom. The average molecular weight is 327 g/mol. The van der Waals surface area contributed by atoms with Crippen molar-refractivity contribution >= 4 is 17.4 Å². The predicted molar refractivity (Wildman–Crippen MR) is 96.7 cm³/mol. The molecule has 0 fully saturated rings. The first kappa shape index (κ1) is 17.9. The van der Waals surface area contributed by atoms with Gasteiger partial charge in [-0.15, -0.1) is 0 Å². The Balaban J connectivity index is 1.97. The van der Waals surface area contributed by atoms with E-state index in [4.69, 9.17) is 0 Å². The van der Waals surface area contributed by atoms with Gasteiger partial charge in [0.15, 0.2) is 0 Å². The summed E-state index contributed by atoms with van der Waals surface area (Å²) in [5, 5.41) is 6.09. The van der Waals surface area contributed by atoms with Crippen molar-refractivity contribution in [3.8, 4) is 0 Å². The van der Waals surface area contributed by atoms with Crippen LogP contribution in [0.4, 0.5) is 11.5 Å². The normalized spacial score (nSPS) is 10.7. The van der Waals surface area contributed by atoms with E-state index in [1.165, 1.54) is 17.5 Å². The van der Waals surface area contributed by atoms with Crippen LogP contribution in [0, 0.1) is 13.8 Å². The van der Waals surface area contributed by atoms with Gasteiger partial charge in [-0.2, -0.15) is 0 Å². The Hall–Kier alpha value is -2.47. The van der Waals surface area contributed by atoms with Gasteiger partial charge in [-0.1, -0.05) is 6.07 Å². The molecule has 6 nitrogen and oxygen atoms in total. The number of carbonyl (C=O) groups excluding carboxylic acids is 1. The largest absolute Gasteiger partial charge is 0.351 e. The number of rotatable bonds is 7. The highest BCUT2D eigenvalue weighted by molar-refractivity contribution is 5.92. The van der Waals surface area contributed by atoms with E-state index in [-0.39, 0.29) is 5.91 Å². The third-order valence-corrected chi connectivity index (χ3v) is 3.75. The summed E-state index contributed by atoms with van der Waals surface area (Å²) in [6.07, 6.45) is 2.30. The first-order valence-corrected chi connectivity index (χ1v) is 8.05. The molecule has 1 aromatic carbocycles. The second-order valence-electron chi connectivity index (χ2n) is 6.13. The van der Waals surface area contributed by atoms with Gasteiger partial charge in [0.1, 0.15) is 17.8 Å². The Labute approximate surface area is 143 Å². The molecule has 0 atom stereocenters. The summed E-state index contributed by atoms with van der Waals surface area (Å²) < 4.78 is 0. The van der Waals surface area contributed by atoms with Gasteiger partial charge in [0.2, 0.25) is 0 Å². The highest BCUT2D eigenvalue weighted by atomic mass is 16.1. The number of aryl methyl sites for hydroxylation is 2. The second-order valence-corrected chi connectivity index (χ2v) is 6.13. The molecule has 24 heavy (non-hydrogen) atoms. The van der Waals surface area contributed by atoms with E-state index in [0.717, 1.165) is 18.7 Å². The van der Waals surface area contributed by atoms with Gasteiger partial charge >= 0.3 is 0 Å². The van der Waals surface area contributed by atoms with Crippen LogP contribution in [0.2, 0.25) is 0 Å². The zero-order valence-electron chi connectivity index (χ0n) is 14.8. The lowest BCUT2D eigenvalue weighted by Gasteiger charge is -2.10. The van der Waals surface area contributed by atoms with Crippen molar-refractivity contribution in [2.45, 2.75) is 20.3 Å². The van der Waals surface area contributed by atoms with Crippen molar-refractivity contribution in [3.63, 3.8) is 0 Å². The first-order valence-electron chi connectivity index (χ1n) is 8.05. The summed E-state index contributed by atoms with van der Waals surface area (Å²) in [6, 6.07) is 7.76. The number of nitrogens with zero attached hydrogens (tertiary/aromatic N) is 3. The molecule has 0 radical (unpaired) electrons. The summed E-state index contributed by atoms with van der Waals surface area (Å²) >= 11 is 0. The molecular weight excluding hydrogens is 302 g/mol. The summed E-state index contributed by atoms with van der Waals surface area (Å²) in [5.41, 5.74) is 3.74. The topological polar surface area (TPSA) is 70.2 Å².